The highest BCUT2D eigenvalue weighted by Crippen LogP contribution is 2.36. The molecule has 0 aromatic heterocycles. The Morgan fingerprint density at radius 2 is 1.88 bits per heavy atom. The summed E-state index contributed by atoms with van der Waals surface area (Å²) >= 11 is 10.5. The van der Waals surface area contributed by atoms with Crippen molar-refractivity contribution >= 4 is 80.7 Å². The molecule has 0 spiro atoms. The molecule has 0 radical (unpaired) electrons. The molecule has 0 aliphatic carbocycles. The Bertz CT molecular complexity index is 1340. The monoisotopic (exact) mass is 699 g/mol. The van der Waals surface area contributed by atoms with Crippen molar-refractivity contribution in [3.8, 4) is 11.5 Å². The molecule has 0 N–H and O–H groups in total. The van der Waals surface area contributed by atoms with Crippen LogP contribution in [0.1, 0.15) is 28.4 Å². The SMILES string of the molecule is CCOc1cc(/C=C2\N=C(c3cc(I)ccc3Cl)OC2=O)cc(I)c1OC(=O)c1ccccc1. The molecular formula is C25H16ClI2NO5. The van der Waals surface area contributed by atoms with Crippen LogP contribution in [0.2, 0.25) is 5.02 Å². The predicted octanol–water partition coefficient (Wildman–Crippen LogP) is 6.51. The van der Waals surface area contributed by atoms with Crippen LogP contribution in [-0.4, -0.2) is 24.4 Å². The zero-order valence-electron chi connectivity index (χ0n) is 17.7. The molecule has 1 aliphatic rings. The van der Waals surface area contributed by atoms with E-state index in [9.17, 15) is 9.59 Å². The first-order valence-electron chi connectivity index (χ1n) is 10.1. The minimum absolute atomic E-state index is 0.122. The number of hydrogen-bond donors (Lipinski definition) is 0. The van der Waals surface area contributed by atoms with Gasteiger partial charge in [-0.15, -0.1) is 0 Å². The van der Waals surface area contributed by atoms with E-state index in [1.165, 1.54) is 0 Å². The number of ether oxygens (including phenoxy) is 3. The van der Waals surface area contributed by atoms with E-state index < -0.39 is 11.9 Å². The molecule has 0 fully saturated rings. The molecular weight excluding hydrogens is 684 g/mol. The number of carbonyl (C=O) groups excluding carboxylic acids is 2. The molecule has 0 saturated carbocycles. The molecule has 4 rings (SSSR count). The number of esters is 2. The molecule has 0 saturated heterocycles. The standard InChI is InChI=1S/C25H16ClI2NO5/c1-2-32-21-12-14(10-19(28)22(21)33-24(30)15-6-4-3-5-7-15)11-20-25(31)34-23(29-20)17-13-16(27)8-9-18(17)26/h3-13H,2H2,1H3/b20-11-. The third kappa shape index (κ3) is 5.61. The van der Waals surface area contributed by atoms with Crippen LogP contribution < -0.4 is 9.47 Å². The number of nitrogens with zero attached hydrogens (tertiary/aromatic N) is 1. The summed E-state index contributed by atoms with van der Waals surface area (Å²) < 4.78 is 18.3. The second kappa shape index (κ2) is 10.9. The van der Waals surface area contributed by atoms with E-state index in [4.69, 9.17) is 25.8 Å². The van der Waals surface area contributed by atoms with Gasteiger partial charge in [0.25, 0.3) is 0 Å². The predicted molar refractivity (Wildman–Crippen MR) is 147 cm³/mol. The summed E-state index contributed by atoms with van der Waals surface area (Å²) in [7, 11) is 0. The molecule has 34 heavy (non-hydrogen) atoms. The van der Waals surface area contributed by atoms with Crippen molar-refractivity contribution in [1.29, 1.82) is 0 Å². The average Bonchev–Trinajstić information content (AvgIpc) is 3.18. The van der Waals surface area contributed by atoms with Gasteiger partial charge >= 0.3 is 11.9 Å². The van der Waals surface area contributed by atoms with Gasteiger partial charge < -0.3 is 14.2 Å². The second-order valence-electron chi connectivity index (χ2n) is 6.98. The normalized spacial score (nSPS) is 14.1. The summed E-state index contributed by atoms with van der Waals surface area (Å²) in [6.07, 6.45) is 1.59. The van der Waals surface area contributed by atoms with Crippen LogP contribution in [0, 0.1) is 7.14 Å². The maximum absolute atomic E-state index is 12.6. The van der Waals surface area contributed by atoms with E-state index >= 15 is 0 Å². The van der Waals surface area contributed by atoms with Gasteiger partial charge in [-0.3, -0.25) is 0 Å². The highest BCUT2D eigenvalue weighted by atomic mass is 127. The number of carbonyl (C=O) groups is 2. The summed E-state index contributed by atoms with van der Waals surface area (Å²) in [5.74, 6) is -0.247. The van der Waals surface area contributed by atoms with Crippen LogP contribution in [0.4, 0.5) is 0 Å². The molecule has 9 heteroatoms. The molecule has 0 atom stereocenters. The number of benzene rings is 3. The maximum atomic E-state index is 12.6. The van der Waals surface area contributed by atoms with Gasteiger partial charge in [0.15, 0.2) is 17.2 Å². The van der Waals surface area contributed by atoms with Gasteiger partial charge in [0.2, 0.25) is 5.90 Å². The van der Waals surface area contributed by atoms with Gasteiger partial charge in [0.05, 0.1) is 26.3 Å². The van der Waals surface area contributed by atoms with Crippen LogP contribution in [0.15, 0.2) is 71.4 Å². The van der Waals surface area contributed by atoms with E-state index in [2.05, 4.69) is 50.2 Å². The summed E-state index contributed by atoms with van der Waals surface area (Å²) in [6, 6.07) is 17.5. The van der Waals surface area contributed by atoms with E-state index in [0.29, 0.717) is 43.4 Å². The molecule has 0 unspecified atom stereocenters. The number of rotatable bonds is 6. The fourth-order valence-electron chi connectivity index (χ4n) is 3.10. The lowest BCUT2D eigenvalue weighted by molar-refractivity contribution is -0.129. The fraction of sp³-hybridized carbons (Fsp3) is 0.0800. The number of halogens is 3. The molecule has 0 bridgehead atoms. The lowest BCUT2D eigenvalue weighted by Gasteiger charge is -2.13. The van der Waals surface area contributed by atoms with Gasteiger partial charge in [-0.25, -0.2) is 14.6 Å². The van der Waals surface area contributed by atoms with Crippen LogP contribution in [0.5, 0.6) is 11.5 Å². The first-order valence-corrected chi connectivity index (χ1v) is 12.6. The van der Waals surface area contributed by atoms with Crippen LogP contribution >= 0.6 is 56.8 Å². The highest BCUT2D eigenvalue weighted by molar-refractivity contribution is 14.1. The number of aliphatic imine (C=N–C) groups is 1. The van der Waals surface area contributed by atoms with E-state index in [1.807, 2.05) is 19.1 Å². The Balaban J connectivity index is 1.67. The molecule has 1 heterocycles. The Kier molecular flexibility index (Phi) is 7.89. The van der Waals surface area contributed by atoms with Crippen LogP contribution in [0.25, 0.3) is 6.08 Å². The lowest BCUT2D eigenvalue weighted by Crippen LogP contribution is -2.10. The van der Waals surface area contributed by atoms with Crippen molar-refractivity contribution in [2.45, 2.75) is 6.92 Å². The number of hydrogen-bond acceptors (Lipinski definition) is 6. The van der Waals surface area contributed by atoms with Crippen molar-refractivity contribution in [3.63, 3.8) is 0 Å². The van der Waals surface area contributed by atoms with E-state index in [-0.39, 0.29) is 11.6 Å². The smallest absolute Gasteiger partial charge is 0.363 e. The summed E-state index contributed by atoms with van der Waals surface area (Å²) in [4.78, 5) is 29.4. The molecule has 172 valence electrons. The zero-order chi connectivity index (χ0) is 24.2. The fourth-order valence-corrected chi connectivity index (χ4v) is 4.53. The summed E-state index contributed by atoms with van der Waals surface area (Å²) in [5.41, 5.74) is 1.73. The molecule has 0 amide bonds. The van der Waals surface area contributed by atoms with Crippen LogP contribution in [-0.2, 0) is 9.53 Å². The van der Waals surface area contributed by atoms with Gasteiger partial charge in [-0.05, 0) is 106 Å². The lowest BCUT2D eigenvalue weighted by atomic mass is 10.1. The Labute approximate surface area is 228 Å². The third-order valence-corrected chi connectivity index (χ3v) is 6.42. The molecule has 3 aromatic carbocycles. The number of cyclic esters (lactones) is 1. The largest absolute Gasteiger partial charge is 0.490 e. The Morgan fingerprint density at radius 1 is 1.12 bits per heavy atom. The van der Waals surface area contributed by atoms with Gasteiger partial charge in [-0.1, -0.05) is 29.8 Å². The summed E-state index contributed by atoms with van der Waals surface area (Å²) in [5, 5.41) is 0.436. The van der Waals surface area contributed by atoms with Crippen molar-refractivity contribution in [1.82, 2.24) is 0 Å². The topological polar surface area (TPSA) is 74.2 Å². The highest BCUT2D eigenvalue weighted by Gasteiger charge is 2.26. The molecule has 1 aliphatic heterocycles. The van der Waals surface area contributed by atoms with E-state index in [0.717, 1.165) is 3.57 Å². The van der Waals surface area contributed by atoms with Crippen LogP contribution in [0.3, 0.4) is 0 Å². The van der Waals surface area contributed by atoms with Gasteiger partial charge in [0.1, 0.15) is 0 Å². The Morgan fingerprint density at radius 3 is 2.62 bits per heavy atom. The molecule has 6 nitrogen and oxygen atoms in total. The summed E-state index contributed by atoms with van der Waals surface area (Å²) in [6.45, 7) is 2.19. The first kappa shape index (κ1) is 24.7. The zero-order valence-corrected chi connectivity index (χ0v) is 22.8. The second-order valence-corrected chi connectivity index (χ2v) is 9.79. The van der Waals surface area contributed by atoms with Crippen molar-refractivity contribution in [2.75, 3.05) is 6.61 Å². The van der Waals surface area contributed by atoms with Crippen molar-refractivity contribution in [3.05, 3.63) is 95.2 Å². The van der Waals surface area contributed by atoms with E-state index in [1.54, 1.807) is 54.6 Å². The van der Waals surface area contributed by atoms with Crippen molar-refractivity contribution in [2.24, 2.45) is 4.99 Å². The first-order chi connectivity index (χ1) is 16.4. The Hall–Kier alpha value is -2.44. The quantitative estimate of drug-likeness (QED) is 0.127. The third-order valence-electron chi connectivity index (χ3n) is 4.62. The van der Waals surface area contributed by atoms with Gasteiger partial charge in [0, 0.05) is 3.57 Å². The van der Waals surface area contributed by atoms with Gasteiger partial charge in [-0.2, -0.15) is 0 Å². The minimum atomic E-state index is -0.586. The van der Waals surface area contributed by atoms with Crippen molar-refractivity contribution < 1.29 is 23.8 Å². The average molecular weight is 700 g/mol. The molecule has 3 aromatic rings. The minimum Gasteiger partial charge on any atom is -0.490 e. The maximum Gasteiger partial charge on any atom is 0.363 e.